The molecule has 0 aliphatic heterocycles. The average Bonchev–Trinajstić information content (AvgIpc) is 2.26. The Labute approximate surface area is 103 Å². The fourth-order valence-electron chi connectivity index (χ4n) is 2.10. The zero-order chi connectivity index (χ0) is 12.3. The summed E-state index contributed by atoms with van der Waals surface area (Å²) in [5.41, 5.74) is 7.56. The van der Waals surface area contributed by atoms with Gasteiger partial charge in [-0.1, -0.05) is 18.6 Å². The van der Waals surface area contributed by atoms with Crippen molar-refractivity contribution in [1.29, 1.82) is 0 Å². The second kappa shape index (κ2) is 5.21. The van der Waals surface area contributed by atoms with Crippen molar-refractivity contribution in [3.63, 3.8) is 0 Å². The summed E-state index contributed by atoms with van der Waals surface area (Å²) in [4.78, 5) is 14.1. The van der Waals surface area contributed by atoms with Gasteiger partial charge in [0.2, 0.25) is 5.91 Å². The van der Waals surface area contributed by atoms with E-state index in [9.17, 15) is 4.79 Å². The molecule has 3 heteroatoms. The minimum atomic E-state index is 0.281. The first-order valence-corrected chi connectivity index (χ1v) is 6.34. The molecule has 0 radical (unpaired) electrons. The van der Waals surface area contributed by atoms with E-state index in [1.807, 2.05) is 36.1 Å². The van der Waals surface area contributed by atoms with Crippen molar-refractivity contribution in [3.05, 3.63) is 29.8 Å². The summed E-state index contributed by atoms with van der Waals surface area (Å²) in [6.07, 6.45) is 3.34. The molecule has 1 aromatic carbocycles. The highest BCUT2D eigenvalue weighted by Crippen LogP contribution is 2.28. The van der Waals surface area contributed by atoms with Gasteiger partial charge in [-0.3, -0.25) is 4.79 Å². The van der Waals surface area contributed by atoms with E-state index in [0.29, 0.717) is 12.5 Å². The molecular weight excluding hydrogens is 212 g/mol. The number of nitrogens with two attached hydrogens (primary N) is 1. The summed E-state index contributed by atoms with van der Waals surface area (Å²) in [5, 5.41) is 0. The van der Waals surface area contributed by atoms with Crippen LogP contribution in [0.1, 0.15) is 31.7 Å². The van der Waals surface area contributed by atoms with Crippen LogP contribution in [-0.4, -0.2) is 17.4 Å². The molecule has 0 bridgehead atoms. The molecule has 0 heterocycles. The molecule has 92 valence electrons. The molecule has 1 fully saturated rings. The number of hydrogen-bond acceptors (Lipinski definition) is 2. The number of hydrogen-bond donors (Lipinski definition) is 1. The van der Waals surface area contributed by atoms with Crippen molar-refractivity contribution < 1.29 is 4.79 Å². The molecule has 0 atom stereocenters. The van der Waals surface area contributed by atoms with E-state index in [2.05, 4.69) is 0 Å². The van der Waals surface area contributed by atoms with E-state index in [1.165, 1.54) is 6.42 Å². The second-order valence-corrected chi connectivity index (χ2v) is 4.72. The third-order valence-corrected chi connectivity index (χ3v) is 3.50. The normalized spacial score (nSPS) is 15.4. The number of nitrogens with zero attached hydrogens (tertiary/aromatic N) is 1. The largest absolute Gasteiger partial charge is 0.399 e. The number of anilines is 1. The van der Waals surface area contributed by atoms with E-state index in [1.54, 1.807) is 0 Å². The summed E-state index contributed by atoms with van der Waals surface area (Å²) >= 11 is 0. The Morgan fingerprint density at radius 2 is 2.00 bits per heavy atom. The van der Waals surface area contributed by atoms with Gasteiger partial charge in [0.15, 0.2) is 0 Å². The van der Waals surface area contributed by atoms with Gasteiger partial charge >= 0.3 is 0 Å². The third-order valence-electron chi connectivity index (χ3n) is 3.50. The first kappa shape index (κ1) is 12.0. The SMILES string of the molecule is CCN(Cc1ccc(N)cc1)C(=O)C1CCC1. The second-order valence-electron chi connectivity index (χ2n) is 4.72. The Balaban J connectivity index is 1.98. The van der Waals surface area contributed by atoms with E-state index < -0.39 is 0 Å². The minimum absolute atomic E-state index is 0.281. The Hall–Kier alpha value is -1.51. The summed E-state index contributed by atoms with van der Waals surface area (Å²) in [5.74, 6) is 0.597. The van der Waals surface area contributed by atoms with Gasteiger partial charge in [0, 0.05) is 24.7 Å². The van der Waals surface area contributed by atoms with Crippen LogP contribution in [0.15, 0.2) is 24.3 Å². The zero-order valence-electron chi connectivity index (χ0n) is 10.4. The lowest BCUT2D eigenvalue weighted by Crippen LogP contribution is -2.38. The van der Waals surface area contributed by atoms with Gasteiger partial charge in [-0.15, -0.1) is 0 Å². The highest BCUT2D eigenvalue weighted by atomic mass is 16.2. The molecule has 1 aliphatic carbocycles. The minimum Gasteiger partial charge on any atom is -0.399 e. The van der Waals surface area contributed by atoms with Gasteiger partial charge in [-0.05, 0) is 37.5 Å². The molecule has 0 spiro atoms. The van der Waals surface area contributed by atoms with E-state index in [-0.39, 0.29) is 5.92 Å². The Morgan fingerprint density at radius 3 is 2.47 bits per heavy atom. The van der Waals surface area contributed by atoms with Crippen LogP contribution in [0.5, 0.6) is 0 Å². The molecule has 1 saturated carbocycles. The monoisotopic (exact) mass is 232 g/mol. The molecule has 0 aromatic heterocycles. The van der Waals surface area contributed by atoms with Crippen LogP contribution in [0.4, 0.5) is 5.69 Å². The van der Waals surface area contributed by atoms with Crippen LogP contribution in [0.3, 0.4) is 0 Å². The Bertz CT molecular complexity index is 382. The van der Waals surface area contributed by atoms with Crippen LogP contribution in [-0.2, 0) is 11.3 Å². The van der Waals surface area contributed by atoms with Gasteiger partial charge in [-0.2, -0.15) is 0 Å². The van der Waals surface area contributed by atoms with Crippen LogP contribution in [0, 0.1) is 5.92 Å². The number of amides is 1. The highest BCUT2D eigenvalue weighted by molar-refractivity contribution is 5.79. The topological polar surface area (TPSA) is 46.3 Å². The number of benzene rings is 1. The lowest BCUT2D eigenvalue weighted by Gasteiger charge is -2.31. The summed E-state index contributed by atoms with van der Waals surface area (Å²) in [6.45, 7) is 3.51. The van der Waals surface area contributed by atoms with Crippen molar-refractivity contribution in [2.45, 2.75) is 32.7 Å². The molecule has 0 saturated heterocycles. The smallest absolute Gasteiger partial charge is 0.225 e. The standard InChI is InChI=1S/C14H20N2O/c1-2-16(14(17)12-4-3-5-12)10-11-6-8-13(15)9-7-11/h6-9,12H,2-5,10,15H2,1H3. The van der Waals surface area contributed by atoms with Crippen LogP contribution >= 0.6 is 0 Å². The third kappa shape index (κ3) is 2.78. The first-order chi connectivity index (χ1) is 8.20. The zero-order valence-corrected chi connectivity index (χ0v) is 10.4. The van der Waals surface area contributed by atoms with Crippen LogP contribution in [0.2, 0.25) is 0 Å². The molecular formula is C14H20N2O. The Morgan fingerprint density at radius 1 is 1.35 bits per heavy atom. The van der Waals surface area contributed by atoms with Crippen LogP contribution < -0.4 is 5.73 Å². The van der Waals surface area contributed by atoms with E-state index in [0.717, 1.165) is 30.6 Å². The number of rotatable bonds is 4. The van der Waals surface area contributed by atoms with Gasteiger partial charge in [0.1, 0.15) is 0 Å². The lowest BCUT2D eigenvalue weighted by atomic mass is 9.84. The first-order valence-electron chi connectivity index (χ1n) is 6.34. The predicted molar refractivity (Wildman–Crippen MR) is 69.3 cm³/mol. The quantitative estimate of drug-likeness (QED) is 0.810. The van der Waals surface area contributed by atoms with E-state index >= 15 is 0 Å². The van der Waals surface area contributed by atoms with Crippen molar-refractivity contribution >= 4 is 11.6 Å². The molecule has 1 aliphatic rings. The fraction of sp³-hybridized carbons (Fsp3) is 0.500. The molecule has 0 unspecified atom stereocenters. The van der Waals surface area contributed by atoms with Gasteiger partial charge in [0.25, 0.3) is 0 Å². The summed E-state index contributed by atoms with van der Waals surface area (Å²) in [7, 11) is 0. The molecule has 2 rings (SSSR count). The number of nitrogen functional groups attached to an aromatic ring is 1. The number of carbonyl (C=O) groups excluding carboxylic acids is 1. The van der Waals surface area contributed by atoms with Gasteiger partial charge < -0.3 is 10.6 Å². The molecule has 3 nitrogen and oxygen atoms in total. The summed E-state index contributed by atoms with van der Waals surface area (Å²) in [6, 6.07) is 7.76. The van der Waals surface area contributed by atoms with Crippen molar-refractivity contribution in [2.24, 2.45) is 5.92 Å². The highest BCUT2D eigenvalue weighted by Gasteiger charge is 2.28. The lowest BCUT2D eigenvalue weighted by molar-refractivity contribution is -0.138. The summed E-state index contributed by atoms with van der Waals surface area (Å²) < 4.78 is 0. The average molecular weight is 232 g/mol. The van der Waals surface area contributed by atoms with Crippen LogP contribution in [0.25, 0.3) is 0 Å². The van der Waals surface area contributed by atoms with E-state index in [4.69, 9.17) is 5.73 Å². The molecule has 2 N–H and O–H groups in total. The van der Waals surface area contributed by atoms with Crippen molar-refractivity contribution in [1.82, 2.24) is 4.90 Å². The van der Waals surface area contributed by atoms with Crippen molar-refractivity contribution in [2.75, 3.05) is 12.3 Å². The molecule has 1 aromatic rings. The fourth-order valence-corrected chi connectivity index (χ4v) is 2.10. The Kier molecular flexibility index (Phi) is 3.67. The van der Waals surface area contributed by atoms with Crippen molar-refractivity contribution in [3.8, 4) is 0 Å². The molecule has 17 heavy (non-hydrogen) atoms. The predicted octanol–water partition coefficient (Wildman–Crippen LogP) is 2.42. The van der Waals surface area contributed by atoms with Gasteiger partial charge in [0.05, 0.1) is 0 Å². The maximum absolute atomic E-state index is 12.1. The van der Waals surface area contributed by atoms with Gasteiger partial charge in [-0.25, -0.2) is 0 Å². The molecule has 1 amide bonds. The maximum atomic E-state index is 12.1. The number of carbonyl (C=O) groups is 1. The maximum Gasteiger partial charge on any atom is 0.225 e.